The first-order valence-corrected chi connectivity index (χ1v) is 5.31. The van der Waals surface area contributed by atoms with Gasteiger partial charge >= 0.3 is 0 Å². The van der Waals surface area contributed by atoms with Crippen molar-refractivity contribution in [1.82, 2.24) is 10.2 Å². The molecule has 1 rings (SSSR count). The van der Waals surface area contributed by atoms with E-state index in [9.17, 15) is 4.79 Å². The summed E-state index contributed by atoms with van der Waals surface area (Å²) in [5, 5.41) is 3.36. The molecule has 0 saturated carbocycles. The van der Waals surface area contributed by atoms with E-state index in [-0.39, 0.29) is 11.8 Å². The fourth-order valence-corrected chi connectivity index (χ4v) is 1.88. The van der Waals surface area contributed by atoms with Crippen molar-refractivity contribution in [2.24, 2.45) is 11.7 Å². The monoisotopic (exact) mass is 199 g/mol. The largest absolute Gasteiger partial charge is 0.369 e. The van der Waals surface area contributed by atoms with E-state index in [0.29, 0.717) is 6.04 Å². The zero-order valence-corrected chi connectivity index (χ0v) is 9.12. The minimum absolute atomic E-state index is 0.0538. The number of primary amides is 1. The third kappa shape index (κ3) is 3.27. The average Bonchev–Trinajstić information content (AvgIpc) is 2.19. The summed E-state index contributed by atoms with van der Waals surface area (Å²) < 4.78 is 0. The van der Waals surface area contributed by atoms with Gasteiger partial charge in [-0.1, -0.05) is 6.92 Å². The maximum absolute atomic E-state index is 10.9. The first-order chi connectivity index (χ1) is 6.61. The van der Waals surface area contributed by atoms with Crippen molar-refractivity contribution in [1.29, 1.82) is 0 Å². The van der Waals surface area contributed by atoms with Gasteiger partial charge < -0.3 is 16.0 Å². The highest BCUT2D eigenvalue weighted by Gasteiger charge is 2.20. The first kappa shape index (κ1) is 11.5. The molecule has 3 N–H and O–H groups in total. The van der Waals surface area contributed by atoms with Crippen molar-refractivity contribution in [3.05, 3.63) is 0 Å². The molecule has 82 valence electrons. The molecule has 0 radical (unpaired) electrons. The number of nitrogens with one attached hydrogen (secondary N) is 1. The quantitative estimate of drug-likeness (QED) is 0.659. The Morgan fingerprint density at radius 3 is 2.93 bits per heavy atom. The highest BCUT2D eigenvalue weighted by Crippen LogP contribution is 2.10. The molecule has 1 heterocycles. The molecule has 2 unspecified atom stereocenters. The van der Waals surface area contributed by atoms with Crippen LogP contribution in [0.3, 0.4) is 0 Å². The molecule has 2 atom stereocenters. The number of nitrogens with two attached hydrogens (primary N) is 1. The van der Waals surface area contributed by atoms with E-state index in [1.807, 2.05) is 6.92 Å². The van der Waals surface area contributed by atoms with E-state index in [4.69, 9.17) is 5.73 Å². The molecular formula is C10H21N3O. The van der Waals surface area contributed by atoms with E-state index >= 15 is 0 Å². The van der Waals surface area contributed by atoms with Gasteiger partial charge in [-0.05, 0) is 26.4 Å². The van der Waals surface area contributed by atoms with E-state index in [0.717, 1.165) is 19.6 Å². The van der Waals surface area contributed by atoms with Crippen LogP contribution in [0.5, 0.6) is 0 Å². The molecule has 0 aromatic carbocycles. The van der Waals surface area contributed by atoms with Gasteiger partial charge in [-0.25, -0.2) is 0 Å². The second kappa shape index (κ2) is 5.32. The molecule has 0 aliphatic carbocycles. The lowest BCUT2D eigenvalue weighted by molar-refractivity contribution is -0.121. The molecule has 0 spiro atoms. The summed E-state index contributed by atoms with van der Waals surface area (Å²) in [5.41, 5.74) is 5.23. The van der Waals surface area contributed by atoms with E-state index in [2.05, 4.69) is 17.3 Å². The van der Waals surface area contributed by atoms with Gasteiger partial charge in [-0.2, -0.15) is 0 Å². The molecule has 0 aromatic heterocycles. The van der Waals surface area contributed by atoms with Gasteiger partial charge in [0.2, 0.25) is 5.91 Å². The van der Waals surface area contributed by atoms with Crippen LogP contribution in [0, 0.1) is 5.92 Å². The van der Waals surface area contributed by atoms with Gasteiger partial charge in [0.1, 0.15) is 0 Å². The van der Waals surface area contributed by atoms with Gasteiger partial charge in [0.05, 0.1) is 0 Å². The van der Waals surface area contributed by atoms with Crippen molar-refractivity contribution >= 4 is 5.91 Å². The minimum Gasteiger partial charge on any atom is -0.369 e. The summed E-state index contributed by atoms with van der Waals surface area (Å²) in [5.74, 6) is -0.262. The zero-order chi connectivity index (χ0) is 10.6. The van der Waals surface area contributed by atoms with E-state index < -0.39 is 0 Å². The molecule has 14 heavy (non-hydrogen) atoms. The lowest BCUT2D eigenvalue weighted by Crippen LogP contribution is -2.46. The van der Waals surface area contributed by atoms with Crippen molar-refractivity contribution in [2.75, 3.05) is 26.7 Å². The molecule has 1 fully saturated rings. The lowest BCUT2D eigenvalue weighted by Gasteiger charge is -2.32. The molecular weight excluding hydrogens is 178 g/mol. The molecule has 1 aliphatic rings. The molecule has 4 heteroatoms. The molecule has 0 aromatic rings. The maximum atomic E-state index is 10.9. The lowest BCUT2D eigenvalue weighted by atomic mass is 10.0. The van der Waals surface area contributed by atoms with Crippen LogP contribution in [0.2, 0.25) is 0 Å². The van der Waals surface area contributed by atoms with Crippen LogP contribution in [0.1, 0.15) is 19.8 Å². The Kier molecular flexibility index (Phi) is 4.35. The van der Waals surface area contributed by atoms with Crippen LogP contribution in [0.25, 0.3) is 0 Å². The van der Waals surface area contributed by atoms with Gasteiger partial charge in [-0.15, -0.1) is 0 Å². The van der Waals surface area contributed by atoms with Gasteiger partial charge in [0.15, 0.2) is 0 Å². The van der Waals surface area contributed by atoms with Crippen LogP contribution in [0.4, 0.5) is 0 Å². The number of hydrogen-bond donors (Lipinski definition) is 2. The number of carbonyl (C=O) groups is 1. The smallest absolute Gasteiger partial charge is 0.221 e. The summed E-state index contributed by atoms with van der Waals surface area (Å²) in [6.07, 6.45) is 2.44. The number of amides is 1. The number of rotatable bonds is 4. The SMILES string of the molecule is CC(CN(C)C1CCCNC1)C(N)=O. The molecule has 1 saturated heterocycles. The summed E-state index contributed by atoms with van der Waals surface area (Å²) in [6.45, 7) is 4.80. The minimum atomic E-state index is -0.208. The molecule has 1 aliphatic heterocycles. The van der Waals surface area contributed by atoms with Crippen LogP contribution in [-0.2, 0) is 4.79 Å². The van der Waals surface area contributed by atoms with Crippen LogP contribution < -0.4 is 11.1 Å². The van der Waals surface area contributed by atoms with Crippen LogP contribution in [0.15, 0.2) is 0 Å². The number of nitrogens with zero attached hydrogens (tertiary/aromatic N) is 1. The van der Waals surface area contributed by atoms with Crippen LogP contribution >= 0.6 is 0 Å². The van der Waals surface area contributed by atoms with Crippen molar-refractivity contribution < 1.29 is 4.79 Å². The topological polar surface area (TPSA) is 58.4 Å². The molecule has 0 bridgehead atoms. The van der Waals surface area contributed by atoms with E-state index in [1.165, 1.54) is 12.8 Å². The Bertz CT molecular complexity index is 190. The number of likely N-dealkylation sites (N-methyl/N-ethyl adjacent to an activating group) is 1. The van der Waals surface area contributed by atoms with Gasteiger partial charge in [-0.3, -0.25) is 4.79 Å². The Morgan fingerprint density at radius 1 is 1.71 bits per heavy atom. The second-order valence-corrected chi connectivity index (χ2v) is 4.24. The van der Waals surface area contributed by atoms with E-state index in [1.54, 1.807) is 0 Å². The fraction of sp³-hybridized carbons (Fsp3) is 0.900. The number of hydrogen-bond acceptors (Lipinski definition) is 3. The van der Waals surface area contributed by atoms with Gasteiger partial charge in [0, 0.05) is 25.0 Å². The zero-order valence-electron chi connectivity index (χ0n) is 9.12. The molecule has 1 amide bonds. The summed E-state index contributed by atoms with van der Waals surface area (Å²) in [4.78, 5) is 13.1. The normalized spacial score (nSPS) is 24.9. The summed E-state index contributed by atoms with van der Waals surface area (Å²) in [6, 6.07) is 0.561. The second-order valence-electron chi connectivity index (χ2n) is 4.24. The van der Waals surface area contributed by atoms with Crippen molar-refractivity contribution in [3.63, 3.8) is 0 Å². The van der Waals surface area contributed by atoms with Crippen molar-refractivity contribution in [3.8, 4) is 0 Å². The predicted molar refractivity (Wildman–Crippen MR) is 56.9 cm³/mol. The Balaban J connectivity index is 2.32. The Labute approximate surface area is 85.8 Å². The van der Waals surface area contributed by atoms with Gasteiger partial charge in [0.25, 0.3) is 0 Å². The highest BCUT2D eigenvalue weighted by molar-refractivity contribution is 5.76. The Hall–Kier alpha value is -0.610. The van der Waals surface area contributed by atoms with Crippen LogP contribution in [-0.4, -0.2) is 43.5 Å². The maximum Gasteiger partial charge on any atom is 0.221 e. The fourth-order valence-electron chi connectivity index (χ4n) is 1.88. The highest BCUT2D eigenvalue weighted by atomic mass is 16.1. The number of piperidine rings is 1. The third-order valence-corrected chi connectivity index (χ3v) is 2.94. The Morgan fingerprint density at radius 2 is 2.43 bits per heavy atom. The molecule has 4 nitrogen and oxygen atoms in total. The number of carbonyl (C=O) groups excluding carboxylic acids is 1. The standard InChI is InChI=1S/C10H21N3O/c1-8(10(11)14)7-13(2)9-4-3-5-12-6-9/h8-9,12H,3-7H2,1-2H3,(H2,11,14). The third-order valence-electron chi connectivity index (χ3n) is 2.94. The van der Waals surface area contributed by atoms with Crippen molar-refractivity contribution in [2.45, 2.75) is 25.8 Å². The summed E-state index contributed by atoms with van der Waals surface area (Å²) >= 11 is 0. The average molecular weight is 199 g/mol. The summed E-state index contributed by atoms with van der Waals surface area (Å²) in [7, 11) is 2.07. The first-order valence-electron chi connectivity index (χ1n) is 5.31. The predicted octanol–water partition coefficient (Wildman–Crippen LogP) is -0.208.